The lowest BCUT2D eigenvalue weighted by Crippen LogP contribution is -2.42. The first-order chi connectivity index (χ1) is 27.8. The Morgan fingerprint density at radius 1 is 0.638 bits per heavy atom. The Hall–Kier alpha value is -3.61. The van der Waals surface area contributed by atoms with Crippen molar-refractivity contribution in [2.75, 3.05) is 45.4 Å². The van der Waals surface area contributed by atoms with Gasteiger partial charge in [-0.25, -0.2) is 8.42 Å². The van der Waals surface area contributed by atoms with E-state index in [4.69, 9.17) is 28.4 Å². The highest BCUT2D eigenvalue weighted by Gasteiger charge is 2.64. The molecule has 0 aliphatic heterocycles. The molecule has 0 radical (unpaired) electrons. The van der Waals surface area contributed by atoms with Crippen LogP contribution in [0.25, 0.3) is 0 Å². The molecule has 2 aliphatic carbocycles. The van der Waals surface area contributed by atoms with Crippen molar-refractivity contribution in [1.82, 2.24) is 0 Å². The minimum absolute atomic E-state index is 0.0248. The van der Waals surface area contributed by atoms with Crippen LogP contribution in [0, 0.1) is 16.7 Å². The number of ether oxygens (including phenoxy) is 6. The van der Waals surface area contributed by atoms with Crippen LogP contribution in [0.15, 0.2) is 69.3 Å². The molecular formula is C46H66O10S2. The van der Waals surface area contributed by atoms with Gasteiger partial charge in [0.15, 0.2) is 27.9 Å². The van der Waals surface area contributed by atoms with Crippen molar-refractivity contribution in [3.63, 3.8) is 0 Å². The van der Waals surface area contributed by atoms with E-state index < -0.39 is 32.2 Å². The quantitative estimate of drug-likeness (QED) is 0.0672. The van der Waals surface area contributed by atoms with Crippen LogP contribution >= 0.6 is 0 Å². The molecule has 0 saturated heterocycles. The van der Waals surface area contributed by atoms with E-state index in [1.807, 2.05) is 44.2 Å². The van der Waals surface area contributed by atoms with Crippen LogP contribution in [0.1, 0.15) is 113 Å². The summed E-state index contributed by atoms with van der Waals surface area (Å²) in [5, 5.41) is 0. The SMILES string of the molecule is CC1(C)C2CCC1(CS(=O)(=O)[O-])C(=O)C2.CCCOc1cc(OCCC)c([S+](c2ccccc2)c2c(OCCC)cc(OCCC)cc2OCCC)c(OCCC)c1. The third-order valence-electron chi connectivity index (χ3n) is 10.7. The Kier molecular flexibility index (Phi) is 18.0. The number of benzene rings is 3. The highest BCUT2D eigenvalue weighted by molar-refractivity contribution is 7.97. The van der Waals surface area contributed by atoms with Crippen molar-refractivity contribution < 1.29 is 46.2 Å². The first-order valence-corrected chi connectivity index (χ1v) is 24.0. The zero-order valence-electron chi connectivity index (χ0n) is 36.0. The number of carbonyl (C=O) groups is 1. The molecule has 3 aromatic rings. The minimum Gasteiger partial charge on any atom is -0.748 e. The van der Waals surface area contributed by atoms with Gasteiger partial charge in [0.05, 0.1) is 55.5 Å². The summed E-state index contributed by atoms with van der Waals surface area (Å²) in [6.45, 7) is 20.0. The van der Waals surface area contributed by atoms with E-state index in [0.717, 1.165) is 94.1 Å². The van der Waals surface area contributed by atoms with Gasteiger partial charge in [-0.05, 0) is 74.8 Å². The largest absolute Gasteiger partial charge is 0.748 e. The Balaban J connectivity index is 0.000000411. The fourth-order valence-corrected chi connectivity index (χ4v) is 11.4. The normalized spacial score (nSPS) is 18.1. The Bertz CT molecular complexity index is 1730. The molecule has 2 fully saturated rings. The number of rotatable bonds is 23. The van der Waals surface area contributed by atoms with Crippen molar-refractivity contribution >= 4 is 26.8 Å². The summed E-state index contributed by atoms with van der Waals surface area (Å²) >= 11 is 0. The lowest BCUT2D eigenvalue weighted by atomic mass is 9.70. The predicted molar refractivity (Wildman–Crippen MR) is 229 cm³/mol. The lowest BCUT2D eigenvalue weighted by molar-refractivity contribution is -0.128. The van der Waals surface area contributed by atoms with E-state index in [-0.39, 0.29) is 17.1 Å². The fourth-order valence-electron chi connectivity index (χ4n) is 7.70. The molecule has 0 spiro atoms. The zero-order valence-corrected chi connectivity index (χ0v) is 37.6. The topological polar surface area (TPSA) is 130 Å². The molecule has 0 amide bonds. The molecule has 2 saturated carbocycles. The molecule has 58 heavy (non-hydrogen) atoms. The van der Waals surface area contributed by atoms with Crippen LogP contribution in [0.3, 0.4) is 0 Å². The third kappa shape index (κ3) is 11.6. The lowest BCUT2D eigenvalue weighted by Gasteiger charge is -2.37. The van der Waals surface area contributed by atoms with Crippen molar-refractivity contribution in [3.8, 4) is 34.5 Å². The zero-order chi connectivity index (χ0) is 42.3. The second-order valence-electron chi connectivity index (χ2n) is 15.6. The molecule has 2 atom stereocenters. The van der Waals surface area contributed by atoms with Crippen molar-refractivity contribution in [2.24, 2.45) is 16.7 Å². The van der Waals surface area contributed by atoms with Gasteiger partial charge in [0.2, 0.25) is 0 Å². The van der Waals surface area contributed by atoms with Crippen LogP contribution in [-0.4, -0.2) is 64.1 Å². The molecule has 10 nitrogen and oxygen atoms in total. The number of hydrogen-bond acceptors (Lipinski definition) is 10. The Morgan fingerprint density at radius 2 is 1.02 bits per heavy atom. The minimum atomic E-state index is -4.33. The fraction of sp³-hybridized carbons (Fsp3) is 0.587. The van der Waals surface area contributed by atoms with Gasteiger partial charge in [-0.15, -0.1) is 0 Å². The van der Waals surface area contributed by atoms with E-state index in [0.29, 0.717) is 52.5 Å². The molecule has 0 aromatic heterocycles. The summed E-state index contributed by atoms with van der Waals surface area (Å²) < 4.78 is 71.0. The van der Waals surface area contributed by atoms with Gasteiger partial charge >= 0.3 is 0 Å². The van der Waals surface area contributed by atoms with Crippen molar-refractivity contribution in [2.45, 2.75) is 128 Å². The summed E-state index contributed by atoms with van der Waals surface area (Å²) in [6.07, 6.45) is 7.21. The summed E-state index contributed by atoms with van der Waals surface area (Å²) in [7, 11) is -5.04. The molecule has 322 valence electrons. The maximum atomic E-state index is 11.8. The number of fused-ring (bicyclic) bond motifs is 2. The van der Waals surface area contributed by atoms with E-state index >= 15 is 0 Å². The first kappa shape index (κ1) is 47.1. The highest BCUT2D eigenvalue weighted by atomic mass is 32.2. The van der Waals surface area contributed by atoms with Gasteiger partial charge < -0.3 is 33.0 Å². The summed E-state index contributed by atoms with van der Waals surface area (Å²) in [4.78, 5) is 14.9. The molecule has 3 aromatic carbocycles. The van der Waals surface area contributed by atoms with E-state index in [1.54, 1.807) is 0 Å². The van der Waals surface area contributed by atoms with Crippen LogP contribution in [-0.2, 0) is 25.8 Å². The van der Waals surface area contributed by atoms with Crippen LogP contribution in [0.2, 0.25) is 0 Å². The second-order valence-corrected chi connectivity index (χ2v) is 18.9. The van der Waals surface area contributed by atoms with Crippen molar-refractivity contribution in [3.05, 3.63) is 54.6 Å². The smallest absolute Gasteiger partial charge is 0.250 e. The van der Waals surface area contributed by atoms with Gasteiger partial charge in [0, 0.05) is 36.1 Å². The molecule has 2 unspecified atom stereocenters. The molecule has 2 bridgehead atoms. The average molecular weight is 843 g/mol. The maximum Gasteiger partial charge on any atom is 0.250 e. The second kappa shape index (κ2) is 22.1. The molecule has 0 N–H and O–H groups in total. The summed E-state index contributed by atoms with van der Waals surface area (Å²) in [5.41, 5.74) is -1.22. The Morgan fingerprint density at radius 3 is 1.33 bits per heavy atom. The molecule has 2 aliphatic rings. The van der Waals surface area contributed by atoms with Gasteiger partial charge in [-0.2, -0.15) is 0 Å². The van der Waals surface area contributed by atoms with Gasteiger partial charge in [-0.1, -0.05) is 73.6 Å². The molecule has 0 heterocycles. The summed E-state index contributed by atoms with van der Waals surface area (Å²) in [6, 6.07) is 18.6. The Labute approximate surface area is 350 Å². The standard InChI is InChI=1S/C36H51O6S.C10H16O4S/c1-7-18-37-28-24-31(39-20-9-3)35(32(25-28)40-21-10-4)43(30-16-14-13-15-17-30)36-33(41-22-11-5)26-29(38-19-8-2)27-34(36)42-23-12-6;1-9(2)7-3-4-10(9,8(11)5-7)6-15(12,13)14/h13-17,24-27H,7-12,18-23H2,1-6H3;7H,3-6H2,1-2H3,(H,12,13,14)/q+1;/p-1. The molecule has 5 rings (SSSR count). The van der Waals surface area contributed by atoms with Crippen LogP contribution < -0.4 is 28.4 Å². The number of carbonyl (C=O) groups excluding carboxylic acids is 1. The van der Waals surface area contributed by atoms with E-state index in [1.165, 1.54) is 0 Å². The van der Waals surface area contributed by atoms with Gasteiger partial charge in [0.1, 0.15) is 28.2 Å². The maximum absolute atomic E-state index is 11.8. The molecular weight excluding hydrogens is 777 g/mol. The summed E-state index contributed by atoms with van der Waals surface area (Å²) in [5.74, 6) is 4.22. The third-order valence-corrected chi connectivity index (χ3v) is 13.9. The van der Waals surface area contributed by atoms with E-state index in [2.05, 4.69) is 65.8 Å². The van der Waals surface area contributed by atoms with Crippen molar-refractivity contribution in [1.29, 1.82) is 0 Å². The number of ketones is 1. The van der Waals surface area contributed by atoms with Gasteiger partial charge in [-0.3, -0.25) is 4.79 Å². The van der Waals surface area contributed by atoms with Gasteiger partial charge in [0.25, 0.3) is 9.79 Å². The van der Waals surface area contributed by atoms with Crippen LogP contribution in [0.5, 0.6) is 34.5 Å². The molecule has 12 heteroatoms. The monoisotopic (exact) mass is 842 g/mol. The number of hydrogen-bond donors (Lipinski definition) is 0. The first-order valence-electron chi connectivity index (χ1n) is 21.2. The van der Waals surface area contributed by atoms with Crippen LogP contribution in [0.4, 0.5) is 0 Å². The highest BCUT2D eigenvalue weighted by Crippen LogP contribution is 2.64. The predicted octanol–water partition coefficient (Wildman–Crippen LogP) is 10.4. The number of Topliss-reactive ketones (excluding diaryl/α,β-unsaturated/α-hetero) is 1. The average Bonchev–Trinajstić information content (AvgIpc) is 3.54. The van der Waals surface area contributed by atoms with E-state index in [9.17, 15) is 17.8 Å².